The van der Waals surface area contributed by atoms with E-state index in [1.165, 1.54) is 63.5 Å². The van der Waals surface area contributed by atoms with Gasteiger partial charge in [0, 0.05) is 22.7 Å². The average Bonchev–Trinajstić information content (AvgIpc) is 3.74. The van der Waals surface area contributed by atoms with E-state index in [0.717, 1.165) is 57.2 Å². The predicted molar refractivity (Wildman–Crippen MR) is 172 cm³/mol. The number of nitrogens with one attached hydrogen (secondary N) is 2. The second kappa shape index (κ2) is 14.6. The van der Waals surface area contributed by atoms with Gasteiger partial charge in [0.05, 0.1) is 29.9 Å². The summed E-state index contributed by atoms with van der Waals surface area (Å²) >= 11 is 0. The third-order valence-corrected chi connectivity index (χ3v) is 7.71. The van der Waals surface area contributed by atoms with Crippen LogP contribution in [0.5, 0.6) is 11.5 Å². The first-order valence-electron chi connectivity index (χ1n) is 15.3. The number of fused-ring (bicyclic) bond motifs is 1. The van der Waals surface area contributed by atoms with Gasteiger partial charge in [0.25, 0.3) is 0 Å². The van der Waals surface area contributed by atoms with E-state index in [1.54, 1.807) is 7.11 Å². The van der Waals surface area contributed by atoms with E-state index < -0.39 is 0 Å². The first-order chi connectivity index (χ1) is 20.2. The number of nitrogens with zero attached hydrogens (tertiary/aromatic N) is 1. The van der Waals surface area contributed by atoms with Crippen LogP contribution < -0.4 is 9.47 Å². The molecule has 41 heavy (non-hydrogen) atoms. The molecule has 0 radical (unpaired) electrons. The van der Waals surface area contributed by atoms with Crippen LogP contribution in [0.1, 0.15) is 82.4 Å². The topological polar surface area (TPSA) is 62.4 Å². The summed E-state index contributed by atoms with van der Waals surface area (Å²) < 4.78 is 11.7. The molecule has 0 fully saturated rings. The van der Waals surface area contributed by atoms with Crippen molar-refractivity contribution in [2.45, 2.75) is 77.7 Å². The predicted octanol–water partition coefficient (Wildman–Crippen LogP) is 10.0. The number of unbranched alkanes of at least 4 members (excludes halogenated alkanes) is 8. The van der Waals surface area contributed by atoms with E-state index in [4.69, 9.17) is 14.5 Å². The molecule has 0 spiro atoms. The molecular weight excluding hydrogens is 506 g/mol. The van der Waals surface area contributed by atoms with Gasteiger partial charge in [-0.2, -0.15) is 0 Å². The smallest absolute Gasteiger partial charge is 0.144 e. The number of rotatable bonds is 16. The van der Waals surface area contributed by atoms with Crippen LogP contribution in [-0.2, 0) is 6.61 Å². The number of allylic oxidation sites excluding steroid dienone is 2. The fraction of sp³-hybridized carbons (Fsp3) is 0.361. The van der Waals surface area contributed by atoms with E-state index in [9.17, 15) is 0 Å². The fourth-order valence-corrected chi connectivity index (χ4v) is 5.37. The van der Waals surface area contributed by atoms with Crippen LogP contribution in [-0.4, -0.2) is 22.8 Å². The highest BCUT2D eigenvalue weighted by Gasteiger charge is 2.13. The van der Waals surface area contributed by atoms with E-state index >= 15 is 0 Å². The molecule has 5 rings (SSSR count). The summed E-state index contributed by atoms with van der Waals surface area (Å²) in [5, 5.41) is 1.10. The fourth-order valence-electron chi connectivity index (χ4n) is 5.37. The molecule has 0 saturated heterocycles. The van der Waals surface area contributed by atoms with Crippen LogP contribution in [0.2, 0.25) is 0 Å². The molecule has 1 aliphatic heterocycles. The number of methoxy groups -OCH3 is 1. The van der Waals surface area contributed by atoms with E-state index in [-0.39, 0.29) is 0 Å². The lowest BCUT2D eigenvalue weighted by atomic mass is 10.1. The molecule has 3 heterocycles. The number of aromatic nitrogens is 2. The number of ether oxygens (including phenoxy) is 2. The quantitative estimate of drug-likeness (QED) is 0.137. The molecule has 5 nitrogen and oxygen atoms in total. The van der Waals surface area contributed by atoms with Crippen LogP contribution in [0.15, 0.2) is 83.5 Å². The zero-order chi connectivity index (χ0) is 28.3. The molecule has 0 amide bonds. The molecule has 2 N–H and O–H groups in total. The van der Waals surface area contributed by atoms with E-state index in [0.29, 0.717) is 6.61 Å². The molecule has 0 bridgehead atoms. The maximum Gasteiger partial charge on any atom is 0.144 e. The van der Waals surface area contributed by atoms with Crippen molar-refractivity contribution in [3.05, 3.63) is 89.8 Å². The van der Waals surface area contributed by atoms with Crippen LogP contribution in [0.3, 0.4) is 0 Å². The average molecular weight is 550 g/mol. The van der Waals surface area contributed by atoms with Crippen LogP contribution in [0.25, 0.3) is 28.4 Å². The number of H-pyrrole nitrogens is 2. The van der Waals surface area contributed by atoms with Crippen molar-refractivity contribution in [3.63, 3.8) is 0 Å². The van der Waals surface area contributed by atoms with Crippen LogP contribution in [0, 0.1) is 0 Å². The number of hydrogen-bond acceptors (Lipinski definition) is 3. The molecule has 5 heteroatoms. The zero-order valence-electron chi connectivity index (χ0n) is 24.5. The summed E-state index contributed by atoms with van der Waals surface area (Å²) in [6.07, 6.45) is 19.5. The highest BCUT2D eigenvalue weighted by Crippen LogP contribution is 2.32. The van der Waals surface area contributed by atoms with Gasteiger partial charge in [0.15, 0.2) is 0 Å². The van der Waals surface area contributed by atoms with Gasteiger partial charge in [-0.25, -0.2) is 0 Å². The van der Waals surface area contributed by atoms with Crippen molar-refractivity contribution >= 4 is 22.7 Å². The maximum absolute atomic E-state index is 6.03. The first kappa shape index (κ1) is 28.5. The number of hydrogen-bond donors (Lipinski definition) is 2. The molecule has 0 saturated carbocycles. The Morgan fingerprint density at radius 1 is 0.780 bits per heavy atom. The van der Waals surface area contributed by atoms with Crippen molar-refractivity contribution < 1.29 is 9.47 Å². The zero-order valence-corrected chi connectivity index (χ0v) is 24.5. The highest BCUT2D eigenvalue weighted by molar-refractivity contribution is 5.99. The lowest BCUT2D eigenvalue weighted by molar-refractivity contribution is 0.306. The largest absolute Gasteiger partial charge is 0.494 e. The summed E-state index contributed by atoms with van der Waals surface area (Å²) in [5.74, 6) is 1.65. The molecule has 0 unspecified atom stereocenters. The Labute approximate surface area is 244 Å². The summed E-state index contributed by atoms with van der Waals surface area (Å²) in [7, 11) is 1.71. The number of benzene rings is 2. The van der Waals surface area contributed by atoms with Crippen LogP contribution in [0.4, 0.5) is 0 Å². The van der Waals surface area contributed by atoms with Gasteiger partial charge in [-0.1, -0.05) is 88.6 Å². The van der Waals surface area contributed by atoms with Gasteiger partial charge >= 0.3 is 0 Å². The van der Waals surface area contributed by atoms with Gasteiger partial charge in [-0.3, -0.25) is 4.99 Å². The number of aliphatic imine (C=N–C) groups is 1. The molecule has 1 aliphatic rings. The second-order valence-electron chi connectivity index (χ2n) is 11.0. The Morgan fingerprint density at radius 2 is 1.54 bits per heavy atom. The Bertz CT molecular complexity index is 1490. The molecular formula is C36H43N3O2. The third kappa shape index (κ3) is 8.03. The standard InChI is InChI=1S/C36H43N3O2/c1-3-4-5-6-7-8-9-10-14-17-29-18-19-30(37-29)24-35-36(40-2)25-34(39-35)33-23-28-22-31(20-21-32(28)38-33)41-26-27-15-12-11-13-16-27/h11-13,15-16,18-25,38-39H,3-10,14,17,26H2,1-2H3. The Hall–Kier alpha value is -3.99. The molecule has 0 aliphatic carbocycles. The SMILES string of the molecule is CCCCCCCCCCCC1=NC(=Cc2[nH]c(-c3cc4cc(OCc5ccccc5)ccc4[nH]3)cc2OC)C=C1. The summed E-state index contributed by atoms with van der Waals surface area (Å²) in [6, 6.07) is 20.6. The van der Waals surface area contributed by atoms with Gasteiger partial charge in [-0.15, -0.1) is 0 Å². The minimum atomic E-state index is 0.549. The maximum atomic E-state index is 6.03. The van der Waals surface area contributed by atoms with Gasteiger partial charge in [0.1, 0.15) is 18.1 Å². The van der Waals surface area contributed by atoms with Crippen molar-refractivity contribution in [1.82, 2.24) is 9.97 Å². The lowest BCUT2D eigenvalue weighted by Crippen LogP contribution is -1.94. The van der Waals surface area contributed by atoms with E-state index in [2.05, 4.69) is 65.5 Å². The monoisotopic (exact) mass is 549 g/mol. The van der Waals surface area contributed by atoms with Crippen LogP contribution >= 0.6 is 0 Å². The van der Waals surface area contributed by atoms with Crippen molar-refractivity contribution in [2.75, 3.05) is 7.11 Å². The summed E-state index contributed by atoms with van der Waals surface area (Å²) in [6.45, 7) is 2.82. The molecule has 0 atom stereocenters. The van der Waals surface area contributed by atoms with Gasteiger partial charge in [0.2, 0.25) is 0 Å². The highest BCUT2D eigenvalue weighted by atomic mass is 16.5. The molecule has 2 aromatic carbocycles. The summed E-state index contributed by atoms with van der Waals surface area (Å²) in [5.41, 5.74) is 7.23. The van der Waals surface area contributed by atoms with Crippen molar-refractivity contribution in [1.29, 1.82) is 0 Å². The molecule has 2 aromatic heterocycles. The van der Waals surface area contributed by atoms with Gasteiger partial charge < -0.3 is 19.4 Å². The second-order valence-corrected chi connectivity index (χ2v) is 11.0. The Balaban J connectivity index is 1.17. The Kier molecular flexibility index (Phi) is 10.2. The van der Waals surface area contributed by atoms with E-state index in [1.807, 2.05) is 30.3 Å². The normalized spacial score (nSPS) is 13.8. The molecule has 4 aromatic rings. The summed E-state index contributed by atoms with van der Waals surface area (Å²) in [4.78, 5) is 11.9. The van der Waals surface area contributed by atoms with Crippen molar-refractivity contribution in [3.8, 4) is 22.9 Å². The first-order valence-corrected chi connectivity index (χ1v) is 15.3. The van der Waals surface area contributed by atoms with Gasteiger partial charge in [-0.05, 0) is 60.9 Å². The Morgan fingerprint density at radius 3 is 2.32 bits per heavy atom. The minimum Gasteiger partial charge on any atom is -0.494 e. The van der Waals surface area contributed by atoms with Crippen molar-refractivity contribution in [2.24, 2.45) is 4.99 Å². The minimum absolute atomic E-state index is 0.549. The number of aromatic amines is 2. The lowest BCUT2D eigenvalue weighted by Gasteiger charge is -2.06. The molecule has 214 valence electrons. The third-order valence-electron chi connectivity index (χ3n) is 7.71.